The number of aromatic nitrogens is 3. The molecule has 0 radical (unpaired) electrons. The molecule has 5 N–H and O–H groups in total. The maximum absolute atomic E-state index is 13.4. The summed E-state index contributed by atoms with van der Waals surface area (Å²) >= 11 is 0. The summed E-state index contributed by atoms with van der Waals surface area (Å²) in [5.41, 5.74) is 6.78. The number of anilines is 2. The number of nitrogen functional groups attached to an aromatic ring is 1. The lowest BCUT2D eigenvalue weighted by Crippen LogP contribution is -2.48. The Morgan fingerprint density at radius 2 is 1.76 bits per heavy atom. The highest BCUT2D eigenvalue weighted by atomic mass is 32.2. The van der Waals surface area contributed by atoms with Gasteiger partial charge in [0.15, 0.2) is 15.7 Å². The number of rotatable bonds is 7. The molecule has 0 aliphatic heterocycles. The number of benzene rings is 1. The number of aliphatic hydroxyl groups is 1. The van der Waals surface area contributed by atoms with Crippen molar-refractivity contribution in [2.45, 2.75) is 41.9 Å². The zero-order valence-corrected chi connectivity index (χ0v) is 19.6. The van der Waals surface area contributed by atoms with Crippen LogP contribution in [0.25, 0.3) is 11.4 Å². The highest BCUT2D eigenvalue weighted by Crippen LogP contribution is 2.54. The second kappa shape index (κ2) is 8.65. The standard InChI is InChI=1S/C23H26N6O4S/c1-22(2,14-30)29-21(31)26-16-5-3-15(4-6-16)20-27-18(13-19(24)28-20)23(9-10-23)34(32,33)17-7-11-25-12-8-17/h3-8,11-13,30H,9-10,14H2,1-2H3,(H2,24,27,28)(H2,26,29,31). The molecule has 11 heteroatoms. The molecular weight excluding hydrogens is 456 g/mol. The third-order valence-corrected chi connectivity index (χ3v) is 8.18. The normalized spacial score (nSPS) is 14.9. The van der Waals surface area contributed by atoms with Gasteiger partial charge in [-0.05, 0) is 63.1 Å². The van der Waals surface area contributed by atoms with Crippen LogP contribution in [0.15, 0.2) is 59.8 Å². The molecule has 0 bridgehead atoms. The van der Waals surface area contributed by atoms with Crippen LogP contribution in [-0.2, 0) is 14.6 Å². The number of urea groups is 1. The summed E-state index contributed by atoms with van der Waals surface area (Å²) < 4.78 is 25.6. The molecule has 4 rings (SSSR count). The van der Waals surface area contributed by atoms with Gasteiger partial charge in [0.25, 0.3) is 0 Å². The molecule has 178 valence electrons. The van der Waals surface area contributed by atoms with Crippen molar-refractivity contribution in [3.63, 3.8) is 0 Å². The van der Waals surface area contributed by atoms with Gasteiger partial charge in [0.2, 0.25) is 0 Å². The number of sulfone groups is 1. The van der Waals surface area contributed by atoms with E-state index in [1.807, 2.05) is 0 Å². The van der Waals surface area contributed by atoms with E-state index in [9.17, 15) is 18.3 Å². The Morgan fingerprint density at radius 3 is 2.35 bits per heavy atom. The van der Waals surface area contributed by atoms with E-state index >= 15 is 0 Å². The van der Waals surface area contributed by atoms with E-state index in [1.165, 1.54) is 30.6 Å². The number of nitrogens with one attached hydrogen (secondary N) is 2. The van der Waals surface area contributed by atoms with Crippen LogP contribution in [0.4, 0.5) is 16.3 Å². The third-order valence-electron chi connectivity index (χ3n) is 5.64. The van der Waals surface area contributed by atoms with Crippen LogP contribution in [0, 0.1) is 0 Å². The molecular formula is C23H26N6O4S. The molecule has 0 atom stereocenters. The van der Waals surface area contributed by atoms with Crippen molar-refractivity contribution in [3.05, 3.63) is 60.6 Å². The highest BCUT2D eigenvalue weighted by Gasteiger charge is 2.57. The van der Waals surface area contributed by atoms with Gasteiger partial charge in [-0.25, -0.2) is 23.2 Å². The fourth-order valence-corrected chi connectivity index (χ4v) is 5.51. The smallest absolute Gasteiger partial charge is 0.319 e. The second-order valence-electron chi connectivity index (χ2n) is 8.88. The van der Waals surface area contributed by atoms with Gasteiger partial charge >= 0.3 is 6.03 Å². The molecule has 0 unspecified atom stereocenters. The van der Waals surface area contributed by atoms with E-state index in [0.717, 1.165) is 0 Å². The molecule has 0 saturated heterocycles. The summed E-state index contributed by atoms with van der Waals surface area (Å²) in [7, 11) is -3.69. The quantitative estimate of drug-likeness (QED) is 0.399. The SMILES string of the molecule is CC(C)(CO)NC(=O)Nc1ccc(-c2nc(N)cc(C3(S(=O)(=O)c4ccncc4)CC3)n2)cc1. The Hall–Kier alpha value is -3.57. The molecule has 1 aromatic carbocycles. The zero-order chi connectivity index (χ0) is 24.6. The minimum absolute atomic E-state index is 0.170. The van der Waals surface area contributed by atoms with E-state index in [1.54, 1.807) is 38.1 Å². The number of carbonyl (C=O) groups excluding carboxylic acids is 1. The van der Waals surface area contributed by atoms with Crippen molar-refractivity contribution in [3.8, 4) is 11.4 Å². The number of nitrogens with zero attached hydrogens (tertiary/aromatic N) is 3. The first-order valence-electron chi connectivity index (χ1n) is 10.7. The average molecular weight is 483 g/mol. The maximum Gasteiger partial charge on any atom is 0.319 e. The predicted octanol–water partition coefficient (Wildman–Crippen LogP) is 2.48. The van der Waals surface area contributed by atoms with Crippen LogP contribution >= 0.6 is 0 Å². The van der Waals surface area contributed by atoms with Crippen LogP contribution in [0.1, 0.15) is 32.4 Å². The summed E-state index contributed by atoms with van der Waals surface area (Å²) in [5, 5.41) is 14.6. The summed E-state index contributed by atoms with van der Waals surface area (Å²) in [5.74, 6) is 0.465. The van der Waals surface area contributed by atoms with Crippen LogP contribution in [0.2, 0.25) is 0 Å². The molecule has 34 heavy (non-hydrogen) atoms. The molecule has 1 saturated carbocycles. The van der Waals surface area contributed by atoms with Crippen molar-refractivity contribution in [2.75, 3.05) is 17.7 Å². The molecule has 2 aromatic heterocycles. The van der Waals surface area contributed by atoms with Crippen LogP contribution < -0.4 is 16.4 Å². The van der Waals surface area contributed by atoms with Crippen molar-refractivity contribution in [2.24, 2.45) is 0 Å². The predicted molar refractivity (Wildman–Crippen MR) is 128 cm³/mol. The average Bonchev–Trinajstić information content (AvgIpc) is 3.62. The minimum atomic E-state index is -3.69. The largest absolute Gasteiger partial charge is 0.394 e. The Labute approximate surface area is 197 Å². The number of nitrogens with two attached hydrogens (primary N) is 1. The number of carbonyl (C=O) groups is 1. The van der Waals surface area contributed by atoms with Crippen LogP contribution in [0.3, 0.4) is 0 Å². The van der Waals surface area contributed by atoms with Gasteiger partial charge in [-0.2, -0.15) is 0 Å². The Bertz CT molecular complexity index is 1310. The molecule has 1 aliphatic rings. The second-order valence-corrected chi connectivity index (χ2v) is 11.1. The summed E-state index contributed by atoms with van der Waals surface area (Å²) in [6.45, 7) is 3.20. The monoisotopic (exact) mass is 482 g/mol. The van der Waals surface area contributed by atoms with Gasteiger partial charge in [0.1, 0.15) is 10.6 Å². The highest BCUT2D eigenvalue weighted by molar-refractivity contribution is 7.92. The Kier molecular flexibility index (Phi) is 6.00. The van der Waals surface area contributed by atoms with Gasteiger partial charge in [0.05, 0.1) is 22.7 Å². The van der Waals surface area contributed by atoms with Crippen molar-refractivity contribution in [1.82, 2.24) is 20.3 Å². The van der Waals surface area contributed by atoms with Crippen molar-refractivity contribution in [1.29, 1.82) is 0 Å². The summed E-state index contributed by atoms with van der Waals surface area (Å²) in [6.07, 6.45) is 3.78. The molecule has 1 fully saturated rings. The molecule has 2 amide bonds. The van der Waals surface area contributed by atoms with Gasteiger partial charge in [-0.1, -0.05) is 0 Å². The van der Waals surface area contributed by atoms with Crippen molar-refractivity contribution >= 4 is 27.4 Å². The van der Waals surface area contributed by atoms with E-state index < -0.39 is 26.2 Å². The molecule has 2 heterocycles. The Balaban J connectivity index is 1.59. The van der Waals surface area contributed by atoms with Gasteiger partial charge in [0, 0.05) is 29.7 Å². The molecule has 10 nitrogen and oxygen atoms in total. The zero-order valence-electron chi connectivity index (χ0n) is 18.8. The minimum Gasteiger partial charge on any atom is -0.394 e. The number of pyridine rings is 1. The lowest BCUT2D eigenvalue weighted by atomic mass is 10.1. The lowest BCUT2D eigenvalue weighted by molar-refractivity contribution is 0.187. The fraction of sp³-hybridized carbons (Fsp3) is 0.304. The Morgan fingerprint density at radius 1 is 1.12 bits per heavy atom. The summed E-state index contributed by atoms with van der Waals surface area (Å²) in [6, 6.07) is 10.8. The summed E-state index contributed by atoms with van der Waals surface area (Å²) in [4.78, 5) is 25.1. The van der Waals surface area contributed by atoms with Crippen molar-refractivity contribution < 1.29 is 18.3 Å². The van der Waals surface area contributed by atoms with Crippen LogP contribution in [0.5, 0.6) is 0 Å². The number of amides is 2. The number of hydrogen-bond donors (Lipinski definition) is 4. The lowest BCUT2D eigenvalue weighted by Gasteiger charge is -2.23. The number of hydrogen-bond acceptors (Lipinski definition) is 8. The van der Waals surface area contributed by atoms with E-state index in [0.29, 0.717) is 35.6 Å². The first-order chi connectivity index (χ1) is 16.1. The first kappa shape index (κ1) is 23.6. The molecule has 1 aliphatic carbocycles. The third kappa shape index (κ3) is 4.57. The topological polar surface area (TPSA) is 160 Å². The van der Waals surface area contributed by atoms with Gasteiger partial charge < -0.3 is 21.5 Å². The van der Waals surface area contributed by atoms with Gasteiger partial charge in [-0.3, -0.25) is 4.98 Å². The fourth-order valence-electron chi connectivity index (χ4n) is 3.56. The van der Waals surface area contributed by atoms with E-state index in [4.69, 9.17) is 5.73 Å². The molecule has 3 aromatic rings. The maximum atomic E-state index is 13.4. The van der Waals surface area contributed by atoms with Gasteiger partial charge in [-0.15, -0.1) is 0 Å². The number of aliphatic hydroxyl groups excluding tert-OH is 1. The van der Waals surface area contributed by atoms with E-state index in [-0.39, 0.29) is 17.3 Å². The first-order valence-corrected chi connectivity index (χ1v) is 12.1. The molecule has 0 spiro atoms. The van der Waals surface area contributed by atoms with E-state index in [2.05, 4.69) is 25.6 Å². The van der Waals surface area contributed by atoms with Crippen LogP contribution in [-0.4, -0.2) is 46.7 Å².